The summed E-state index contributed by atoms with van der Waals surface area (Å²) in [5.74, 6) is 0. The summed E-state index contributed by atoms with van der Waals surface area (Å²) in [6, 6.07) is 54.6. The number of hydrogen-bond acceptors (Lipinski definition) is 2. The fourth-order valence-electron chi connectivity index (χ4n) is 9.17. The molecule has 2 aliphatic rings. The topological polar surface area (TPSA) is 6.48 Å². The number of hydrogen-bond donors (Lipinski definition) is 0. The zero-order chi connectivity index (χ0) is 42.0. The summed E-state index contributed by atoms with van der Waals surface area (Å²) in [5, 5.41) is 0. The fourth-order valence-corrected chi connectivity index (χ4v) is 9.17. The summed E-state index contributed by atoms with van der Waals surface area (Å²) in [6.07, 6.45) is 14.6. The van der Waals surface area contributed by atoms with Crippen molar-refractivity contribution >= 4 is 34.4 Å². The average Bonchev–Trinajstić information content (AvgIpc) is 3.61. The van der Waals surface area contributed by atoms with Crippen LogP contribution in [0.25, 0.3) is 22.8 Å². The molecule has 0 N–H and O–H groups in total. The van der Waals surface area contributed by atoms with Crippen molar-refractivity contribution in [2.45, 2.75) is 65.7 Å². The highest BCUT2D eigenvalue weighted by molar-refractivity contribution is 5.89. The van der Waals surface area contributed by atoms with Crippen molar-refractivity contribution in [2.24, 2.45) is 0 Å². The lowest BCUT2D eigenvalue weighted by Gasteiger charge is -2.29. The third-order valence-corrected chi connectivity index (χ3v) is 12.5. The first kappa shape index (κ1) is 40.2. The minimum absolute atomic E-state index is 0.146. The second kappa shape index (κ2) is 16.5. The maximum atomic E-state index is 4.57. The lowest BCUT2D eigenvalue weighted by molar-refractivity contribution is 0.660. The van der Waals surface area contributed by atoms with Gasteiger partial charge < -0.3 is 9.80 Å². The van der Waals surface area contributed by atoms with Crippen molar-refractivity contribution in [3.05, 3.63) is 239 Å². The maximum Gasteiger partial charge on any atom is 0.0465 e. The highest BCUT2D eigenvalue weighted by Gasteiger charge is 2.38. The molecule has 2 aliphatic carbocycles. The molecule has 8 rings (SSSR count). The Morgan fingerprint density at radius 2 is 1.15 bits per heavy atom. The van der Waals surface area contributed by atoms with Gasteiger partial charge in [-0.1, -0.05) is 169 Å². The number of allylic oxidation sites excluding steroid dienone is 9. The normalized spacial score (nSPS) is 16.2. The van der Waals surface area contributed by atoms with E-state index in [1.165, 1.54) is 50.1 Å². The molecule has 0 saturated heterocycles. The van der Waals surface area contributed by atoms with Gasteiger partial charge in [0, 0.05) is 45.0 Å². The Bertz CT molecular complexity index is 2660. The van der Waals surface area contributed by atoms with Crippen LogP contribution in [0.3, 0.4) is 0 Å². The van der Waals surface area contributed by atoms with Crippen LogP contribution in [0, 0.1) is 0 Å². The Balaban J connectivity index is 1.07. The molecular formula is C58H56N2. The van der Waals surface area contributed by atoms with E-state index in [2.05, 4.69) is 253 Å². The maximum absolute atomic E-state index is 4.57. The van der Waals surface area contributed by atoms with E-state index in [9.17, 15) is 0 Å². The van der Waals surface area contributed by atoms with Crippen LogP contribution in [0.2, 0.25) is 0 Å². The average molecular weight is 781 g/mol. The van der Waals surface area contributed by atoms with Gasteiger partial charge in [-0.2, -0.15) is 0 Å². The predicted octanol–water partition coefficient (Wildman–Crippen LogP) is 16.1. The first-order valence-corrected chi connectivity index (χ1v) is 21.3. The second-order valence-electron chi connectivity index (χ2n) is 17.0. The van der Waals surface area contributed by atoms with Crippen molar-refractivity contribution in [1.29, 1.82) is 0 Å². The van der Waals surface area contributed by atoms with E-state index in [4.69, 9.17) is 0 Å². The van der Waals surface area contributed by atoms with Crippen LogP contribution in [0.5, 0.6) is 0 Å². The predicted molar refractivity (Wildman–Crippen MR) is 259 cm³/mol. The summed E-state index contributed by atoms with van der Waals surface area (Å²) in [4.78, 5) is 4.71. The van der Waals surface area contributed by atoms with E-state index in [1.807, 2.05) is 0 Å². The molecule has 0 heterocycles. The van der Waals surface area contributed by atoms with E-state index in [1.54, 1.807) is 0 Å². The second-order valence-corrected chi connectivity index (χ2v) is 17.0. The van der Waals surface area contributed by atoms with E-state index >= 15 is 0 Å². The van der Waals surface area contributed by atoms with Crippen molar-refractivity contribution in [1.82, 2.24) is 0 Å². The van der Waals surface area contributed by atoms with Crippen molar-refractivity contribution in [3.8, 4) is 11.1 Å². The van der Waals surface area contributed by atoms with Gasteiger partial charge in [-0.05, 0) is 137 Å². The largest absolute Gasteiger partial charge is 0.315 e. The molecule has 6 aromatic rings. The van der Waals surface area contributed by atoms with Crippen LogP contribution in [-0.2, 0) is 10.8 Å². The summed E-state index contributed by atoms with van der Waals surface area (Å²) in [5.41, 5.74) is 19.3. The molecule has 0 radical (unpaired) electrons. The molecular weight excluding hydrogens is 725 g/mol. The van der Waals surface area contributed by atoms with Gasteiger partial charge in [0.2, 0.25) is 0 Å². The summed E-state index contributed by atoms with van der Waals surface area (Å²) < 4.78 is 0. The molecule has 0 aliphatic heterocycles. The number of rotatable bonds is 11. The monoisotopic (exact) mass is 780 g/mol. The van der Waals surface area contributed by atoms with E-state index in [0.717, 1.165) is 46.1 Å². The lowest BCUT2D eigenvalue weighted by Crippen LogP contribution is -2.21. The molecule has 0 bridgehead atoms. The molecule has 2 nitrogen and oxygen atoms in total. The molecule has 60 heavy (non-hydrogen) atoms. The van der Waals surface area contributed by atoms with Gasteiger partial charge >= 0.3 is 0 Å². The number of para-hydroxylation sites is 3. The first-order chi connectivity index (χ1) is 29.0. The first-order valence-electron chi connectivity index (χ1n) is 21.3. The van der Waals surface area contributed by atoms with Crippen LogP contribution < -0.4 is 9.80 Å². The summed E-state index contributed by atoms with van der Waals surface area (Å²) in [7, 11) is 0. The molecule has 0 aromatic heterocycles. The Morgan fingerprint density at radius 3 is 1.75 bits per heavy atom. The molecule has 0 atom stereocenters. The molecule has 0 unspecified atom stereocenters. The standard InChI is InChI=1S/C58H56N2/c1-9-43(31-30-41(3)59(46-22-14-11-15-23-46)45(10-2)39-54-42(4)50-28-20-21-29-53(50)57(54,5)6)32-33-44-34-36-51-52-37-35-49(40-56(52)58(7,8)55(51)38-44)60(47-24-16-12-17-25-47)48-26-18-13-19-27-48/h10-40H,4,9H2,1-3,5-8H3/b33-32+,41-30+,43-31+,45-10+,54-39+. The Morgan fingerprint density at radius 1 is 0.583 bits per heavy atom. The third-order valence-electron chi connectivity index (χ3n) is 12.5. The van der Waals surface area contributed by atoms with Crippen LogP contribution in [-0.4, -0.2) is 0 Å². The van der Waals surface area contributed by atoms with Crippen molar-refractivity contribution in [2.75, 3.05) is 9.80 Å². The lowest BCUT2D eigenvalue weighted by atomic mass is 9.81. The zero-order valence-corrected chi connectivity index (χ0v) is 36.2. The summed E-state index contributed by atoms with van der Waals surface area (Å²) >= 11 is 0. The minimum Gasteiger partial charge on any atom is -0.315 e. The molecule has 2 heteroatoms. The molecule has 298 valence electrons. The van der Waals surface area contributed by atoms with Gasteiger partial charge in [0.15, 0.2) is 0 Å². The van der Waals surface area contributed by atoms with E-state index in [0.29, 0.717) is 0 Å². The van der Waals surface area contributed by atoms with Gasteiger partial charge in [0.05, 0.1) is 0 Å². The molecule has 6 aromatic carbocycles. The van der Waals surface area contributed by atoms with Crippen LogP contribution in [0.1, 0.15) is 82.7 Å². The van der Waals surface area contributed by atoms with Crippen LogP contribution >= 0.6 is 0 Å². The van der Waals surface area contributed by atoms with Crippen molar-refractivity contribution in [3.63, 3.8) is 0 Å². The molecule has 0 amide bonds. The molecule has 0 saturated carbocycles. The minimum atomic E-state index is -0.156. The molecule has 0 fully saturated rings. The number of nitrogens with zero attached hydrogens (tertiary/aromatic N) is 2. The smallest absolute Gasteiger partial charge is 0.0465 e. The Kier molecular flexibility index (Phi) is 11.1. The van der Waals surface area contributed by atoms with Gasteiger partial charge in [-0.15, -0.1) is 0 Å². The van der Waals surface area contributed by atoms with Gasteiger partial charge in [0.25, 0.3) is 0 Å². The van der Waals surface area contributed by atoms with Gasteiger partial charge in [-0.3, -0.25) is 0 Å². The van der Waals surface area contributed by atoms with Crippen molar-refractivity contribution < 1.29 is 0 Å². The third kappa shape index (κ3) is 7.44. The SMILES string of the molecule is C=C1/C(=C\C(=C/C)N(/C(C)=C/C=C(/C=C/c2ccc3c(c2)C(C)(C)c2cc(N(c4ccccc4)c4ccccc4)ccc2-3)CC)c2ccccc2)C(C)(C)c2ccccc21. The van der Waals surface area contributed by atoms with E-state index < -0.39 is 0 Å². The van der Waals surface area contributed by atoms with Crippen LogP contribution in [0.4, 0.5) is 22.7 Å². The van der Waals surface area contributed by atoms with Gasteiger partial charge in [0.1, 0.15) is 0 Å². The highest BCUT2D eigenvalue weighted by Crippen LogP contribution is 2.52. The van der Waals surface area contributed by atoms with E-state index in [-0.39, 0.29) is 10.8 Å². The Labute approximate surface area is 358 Å². The number of anilines is 4. The quantitative estimate of drug-likeness (QED) is 0.121. The fraction of sp³-hybridized carbons (Fsp3) is 0.172. The summed E-state index contributed by atoms with van der Waals surface area (Å²) in [6.45, 7) is 20.5. The highest BCUT2D eigenvalue weighted by atomic mass is 15.2. The zero-order valence-electron chi connectivity index (χ0n) is 36.2. The van der Waals surface area contributed by atoms with Gasteiger partial charge in [-0.25, -0.2) is 0 Å². The van der Waals surface area contributed by atoms with Crippen LogP contribution in [0.15, 0.2) is 211 Å². The number of fused-ring (bicyclic) bond motifs is 4. The molecule has 0 spiro atoms. The number of benzene rings is 6. The Hall–Kier alpha value is -6.64.